The highest BCUT2D eigenvalue weighted by Gasteiger charge is 2.26. The van der Waals surface area contributed by atoms with Gasteiger partial charge in [-0.1, -0.05) is 34.1 Å². The Morgan fingerprint density at radius 3 is 2.61 bits per heavy atom. The third kappa shape index (κ3) is 4.42. The number of fused-ring (bicyclic) bond motifs is 1. The van der Waals surface area contributed by atoms with Crippen LogP contribution in [0.15, 0.2) is 80.3 Å². The largest absolute Gasteiger partial charge is 0.454 e. The second-order valence-electron chi connectivity index (χ2n) is 6.97. The number of carbonyl (C=O) groups is 2. The molecule has 2 aliphatic rings. The summed E-state index contributed by atoms with van der Waals surface area (Å²) in [6, 6.07) is 17.3. The molecule has 3 aromatic carbocycles. The maximum atomic E-state index is 12.9. The van der Waals surface area contributed by atoms with Crippen molar-refractivity contribution < 1.29 is 28.5 Å². The molecular formula is C24H13Br2NO6. The summed E-state index contributed by atoms with van der Waals surface area (Å²) in [5.41, 5.74) is 1.51. The van der Waals surface area contributed by atoms with Crippen molar-refractivity contribution in [2.24, 2.45) is 4.99 Å². The lowest BCUT2D eigenvalue weighted by atomic mass is 10.1. The smallest absolute Gasteiger partial charge is 0.363 e. The summed E-state index contributed by atoms with van der Waals surface area (Å²) < 4.78 is 22.8. The van der Waals surface area contributed by atoms with Crippen LogP contribution in [0, 0.1) is 0 Å². The summed E-state index contributed by atoms with van der Waals surface area (Å²) >= 11 is 6.85. The van der Waals surface area contributed by atoms with Crippen molar-refractivity contribution in [3.05, 3.63) is 92.0 Å². The van der Waals surface area contributed by atoms with Crippen LogP contribution >= 0.6 is 31.9 Å². The lowest BCUT2D eigenvalue weighted by Crippen LogP contribution is -2.10. The molecule has 2 heterocycles. The topological polar surface area (TPSA) is 83.4 Å². The number of ether oxygens (including phenoxy) is 4. The standard InChI is InChI=1S/C24H13Br2NO6/c25-16-8-15(9-18-24(29)33-22(27-18)13-4-2-1-3-5-13)21(17(26)11-16)32-23(28)14-6-7-19-20(10-14)31-12-30-19/h1-11H,12H2/b18-9-. The van der Waals surface area contributed by atoms with Gasteiger partial charge in [0.1, 0.15) is 0 Å². The van der Waals surface area contributed by atoms with Crippen LogP contribution < -0.4 is 14.2 Å². The molecule has 0 saturated heterocycles. The maximum Gasteiger partial charge on any atom is 0.363 e. The fourth-order valence-corrected chi connectivity index (χ4v) is 4.57. The second-order valence-corrected chi connectivity index (χ2v) is 8.74. The van der Waals surface area contributed by atoms with Crippen molar-refractivity contribution in [3.8, 4) is 17.2 Å². The molecule has 0 aromatic heterocycles. The van der Waals surface area contributed by atoms with Crippen LogP contribution in [0.3, 0.4) is 0 Å². The quantitative estimate of drug-likeness (QED) is 0.234. The van der Waals surface area contributed by atoms with Crippen LogP contribution in [-0.4, -0.2) is 24.6 Å². The van der Waals surface area contributed by atoms with Crippen LogP contribution in [0.4, 0.5) is 0 Å². The number of halogens is 2. The molecule has 0 amide bonds. The number of hydrogen-bond donors (Lipinski definition) is 0. The molecule has 0 aliphatic carbocycles. The van der Waals surface area contributed by atoms with Crippen LogP contribution in [-0.2, 0) is 9.53 Å². The van der Waals surface area contributed by atoms with E-state index in [4.69, 9.17) is 18.9 Å². The number of cyclic esters (lactones) is 1. The van der Waals surface area contributed by atoms with Crippen LogP contribution in [0.25, 0.3) is 6.08 Å². The zero-order valence-corrected chi connectivity index (χ0v) is 19.9. The van der Waals surface area contributed by atoms with E-state index in [1.165, 1.54) is 6.08 Å². The average molecular weight is 571 g/mol. The Hall–Kier alpha value is -3.43. The SMILES string of the molecule is O=C1OC(c2ccccc2)=N/C1=C\c1cc(Br)cc(Br)c1OC(=O)c1ccc2c(c1)OCO2. The molecule has 0 saturated carbocycles. The van der Waals surface area contributed by atoms with Gasteiger partial charge in [-0.3, -0.25) is 0 Å². The minimum absolute atomic E-state index is 0.0826. The highest BCUT2D eigenvalue weighted by Crippen LogP contribution is 2.37. The van der Waals surface area contributed by atoms with E-state index in [1.54, 1.807) is 42.5 Å². The molecule has 5 rings (SSSR count). The third-order valence-corrected chi connectivity index (χ3v) is 5.82. The highest BCUT2D eigenvalue weighted by molar-refractivity contribution is 9.11. The number of esters is 2. The molecular weight excluding hydrogens is 558 g/mol. The van der Waals surface area contributed by atoms with Gasteiger partial charge < -0.3 is 18.9 Å². The van der Waals surface area contributed by atoms with E-state index in [9.17, 15) is 9.59 Å². The van der Waals surface area contributed by atoms with Crippen LogP contribution in [0.1, 0.15) is 21.5 Å². The van der Waals surface area contributed by atoms with Gasteiger partial charge in [-0.25, -0.2) is 14.6 Å². The molecule has 2 aliphatic heterocycles. The molecule has 0 fully saturated rings. The fraction of sp³-hybridized carbons (Fsp3) is 0.0417. The van der Waals surface area contributed by atoms with Crippen molar-refractivity contribution >= 4 is 55.8 Å². The molecule has 164 valence electrons. The summed E-state index contributed by atoms with van der Waals surface area (Å²) in [7, 11) is 0. The lowest BCUT2D eigenvalue weighted by molar-refractivity contribution is -0.129. The molecule has 0 spiro atoms. The minimum atomic E-state index is -0.599. The van der Waals surface area contributed by atoms with Crippen LogP contribution in [0.5, 0.6) is 17.2 Å². The monoisotopic (exact) mass is 569 g/mol. The van der Waals surface area contributed by atoms with Gasteiger partial charge in [0.05, 0.1) is 10.0 Å². The number of rotatable bonds is 4. The van der Waals surface area contributed by atoms with E-state index < -0.39 is 11.9 Å². The zero-order valence-electron chi connectivity index (χ0n) is 16.7. The van der Waals surface area contributed by atoms with E-state index in [-0.39, 0.29) is 29.7 Å². The van der Waals surface area contributed by atoms with Crippen molar-refractivity contribution in [2.45, 2.75) is 0 Å². The Bertz CT molecular complexity index is 1350. The normalized spacial score (nSPS) is 15.4. The summed E-state index contributed by atoms with van der Waals surface area (Å²) in [5, 5.41) is 0. The van der Waals surface area contributed by atoms with Crippen molar-refractivity contribution in [1.82, 2.24) is 0 Å². The van der Waals surface area contributed by atoms with E-state index >= 15 is 0 Å². The van der Waals surface area contributed by atoms with Gasteiger partial charge in [0, 0.05) is 15.6 Å². The molecule has 33 heavy (non-hydrogen) atoms. The molecule has 0 radical (unpaired) electrons. The predicted octanol–water partition coefficient (Wildman–Crippen LogP) is 5.50. The van der Waals surface area contributed by atoms with Crippen molar-refractivity contribution in [3.63, 3.8) is 0 Å². The van der Waals surface area contributed by atoms with Crippen molar-refractivity contribution in [1.29, 1.82) is 0 Å². The third-order valence-electron chi connectivity index (χ3n) is 4.77. The summed E-state index contributed by atoms with van der Waals surface area (Å²) in [4.78, 5) is 29.6. The molecule has 9 heteroatoms. The number of benzene rings is 3. The van der Waals surface area contributed by atoms with E-state index in [0.717, 1.165) is 0 Å². The Morgan fingerprint density at radius 2 is 1.79 bits per heavy atom. The first kappa shape index (κ1) is 21.4. The van der Waals surface area contributed by atoms with E-state index in [2.05, 4.69) is 36.9 Å². The first-order valence-electron chi connectivity index (χ1n) is 9.67. The maximum absolute atomic E-state index is 12.9. The molecule has 0 bridgehead atoms. The van der Waals surface area contributed by atoms with E-state index in [0.29, 0.717) is 31.6 Å². The van der Waals surface area contributed by atoms with Gasteiger partial charge in [0.25, 0.3) is 0 Å². The first-order chi connectivity index (χ1) is 16.0. The molecule has 7 nitrogen and oxygen atoms in total. The number of aliphatic imine (C=N–C) groups is 1. The van der Waals surface area contributed by atoms with Gasteiger partial charge in [-0.2, -0.15) is 0 Å². The Balaban J connectivity index is 1.48. The summed E-state index contributed by atoms with van der Waals surface area (Å²) in [6.07, 6.45) is 1.51. The number of carbonyl (C=O) groups excluding carboxylic acids is 2. The van der Waals surface area contributed by atoms with E-state index in [1.807, 2.05) is 18.2 Å². The molecule has 0 N–H and O–H groups in total. The van der Waals surface area contributed by atoms with Gasteiger partial charge >= 0.3 is 11.9 Å². The minimum Gasteiger partial charge on any atom is -0.454 e. The van der Waals surface area contributed by atoms with Gasteiger partial charge in [0.15, 0.2) is 22.9 Å². The average Bonchev–Trinajstić information content (AvgIpc) is 3.42. The zero-order chi connectivity index (χ0) is 22.9. The summed E-state index contributed by atoms with van der Waals surface area (Å²) in [5.74, 6) is 0.271. The Kier molecular flexibility index (Phi) is 5.74. The predicted molar refractivity (Wildman–Crippen MR) is 126 cm³/mol. The Morgan fingerprint density at radius 1 is 1.00 bits per heavy atom. The number of hydrogen-bond acceptors (Lipinski definition) is 7. The van der Waals surface area contributed by atoms with Crippen LogP contribution in [0.2, 0.25) is 0 Å². The highest BCUT2D eigenvalue weighted by atomic mass is 79.9. The van der Waals surface area contributed by atoms with Gasteiger partial charge in [-0.05, 0) is 64.5 Å². The number of nitrogens with zero attached hydrogens (tertiary/aromatic N) is 1. The van der Waals surface area contributed by atoms with Gasteiger partial charge in [0.2, 0.25) is 12.7 Å². The van der Waals surface area contributed by atoms with Gasteiger partial charge in [-0.15, -0.1) is 0 Å². The molecule has 0 unspecified atom stereocenters. The second kappa shape index (κ2) is 8.84. The summed E-state index contributed by atoms with van der Waals surface area (Å²) in [6.45, 7) is 0.103. The van der Waals surface area contributed by atoms with Crippen molar-refractivity contribution in [2.75, 3.05) is 6.79 Å². The first-order valence-corrected chi connectivity index (χ1v) is 11.3. The molecule has 0 atom stereocenters. The Labute approximate surface area is 204 Å². The fourth-order valence-electron chi connectivity index (χ4n) is 3.23. The lowest BCUT2D eigenvalue weighted by Gasteiger charge is -2.11. The molecule has 3 aromatic rings.